The summed E-state index contributed by atoms with van der Waals surface area (Å²) in [4.78, 5) is 9.95. The lowest BCUT2D eigenvalue weighted by atomic mass is 10.1. The lowest BCUT2D eigenvalue weighted by Gasteiger charge is -2.20. The van der Waals surface area contributed by atoms with Crippen LogP contribution in [0.3, 0.4) is 0 Å². The molecule has 3 aromatic rings. The molecule has 0 atom stereocenters. The quantitative estimate of drug-likeness (QED) is 0.696. The van der Waals surface area contributed by atoms with Gasteiger partial charge in [0.25, 0.3) is 0 Å². The minimum Gasteiger partial charge on any atom is -0.367 e. The number of thiazole rings is 1. The van der Waals surface area contributed by atoms with E-state index in [2.05, 4.69) is 9.97 Å². The van der Waals surface area contributed by atoms with Crippen molar-refractivity contribution in [3.05, 3.63) is 52.1 Å². The number of fused-ring (bicyclic) bond motifs is 1. The van der Waals surface area contributed by atoms with Crippen LogP contribution in [0.1, 0.15) is 16.3 Å². The van der Waals surface area contributed by atoms with Gasteiger partial charge in [-0.05, 0) is 18.6 Å². The highest BCUT2D eigenvalue weighted by molar-refractivity contribution is 7.09. The summed E-state index contributed by atoms with van der Waals surface area (Å²) in [6.45, 7) is 2.29. The molecule has 7 heteroatoms. The van der Waals surface area contributed by atoms with Gasteiger partial charge in [-0.3, -0.25) is 4.98 Å². The van der Waals surface area contributed by atoms with E-state index in [0.29, 0.717) is 11.6 Å². The van der Waals surface area contributed by atoms with Crippen molar-refractivity contribution in [2.45, 2.75) is 19.6 Å². The topological polar surface area (TPSA) is 29.0 Å². The maximum atomic E-state index is 12.6. The van der Waals surface area contributed by atoms with Gasteiger partial charge >= 0.3 is 6.18 Å². The van der Waals surface area contributed by atoms with Crippen LogP contribution in [0.5, 0.6) is 0 Å². The number of hydrogen-bond acceptors (Lipinski definition) is 4. The Kier molecular flexibility index (Phi) is 3.97. The van der Waals surface area contributed by atoms with Gasteiger partial charge < -0.3 is 4.90 Å². The standard InChI is InChI=1S/C16H14F3N3S/c1-10-4-3-5-11-12(6-7-20-15(10)11)22(2)8-14-21-13(9-23-14)16(17,18)19/h3-7,9H,8H2,1-2H3. The Hall–Kier alpha value is -2.15. The zero-order valence-corrected chi connectivity index (χ0v) is 13.4. The Balaban J connectivity index is 1.91. The molecule has 0 aliphatic heterocycles. The minimum absolute atomic E-state index is 0.313. The molecule has 0 bridgehead atoms. The number of anilines is 1. The number of alkyl halides is 3. The molecule has 0 fully saturated rings. The van der Waals surface area contributed by atoms with E-state index in [9.17, 15) is 13.2 Å². The van der Waals surface area contributed by atoms with E-state index >= 15 is 0 Å². The monoisotopic (exact) mass is 337 g/mol. The van der Waals surface area contributed by atoms with Crippen molar-refractivity contribution >= 4 is 27.9 Å². The fraction of sp³-hybridized carbons (Fsp3) is 0.250. The lowest BCUT2D eigenvalue weighted by Crippen LogP contribution is -2.17. The first-order chi connectivity index (χ1) is 10.9. The average molecular weight is 337 g/mol. The molecular weight excluding hydrogens is 323 g/mol. The highest BCUT2D eigenvalue weighted by atomic mass is 32.1. The Morgan fingerprint density at radius 1 is 1.22 bits per heavy atom. The molecule has 0 aliphatic rings. The number of pyridine rings is 1. The second kappa shape index (κ2) is 5.81. The van der Waals surface area contributed by atoms with E-state index < -0.39 is 11.9 Å². The first-order valence-corrected chi connectivity index (χ1v) is 7.81. The minimum atomic E-state index is -4.40. The van der Waals surface area contributed by atoms with Gasteiger partial charge in [-0.1, -0.05) is 18.2 Å². The summed E-state index contributed by atoms with van der Waals surface area (Å²) in [6.07, 6.45) is -2.68. The van der Waals surface area contributed by atoms with Crippen molar-refractivity contribution in [2.75, 3.05) is 11.9 Å². The van der Waals surface area contributed by atoms with Gasteiger partial charge in [-0.15, -0.1) is 11.3 Å². The van der Waals surface area contributed by atoms with Gasteiger partial charge in [0.1, 0.15) is 5.01 Å². The van der Waals surface area contributed by atoms with Crippen LogP contribution in [0.25, 0.3) is 10.9 Å². The van der Waals surface area contributed by atoms with Crippen LogP contribution in [0, 0.1) is 6.92 Å². The molecule has 120 valence electrons. The molecule has 23 heavy (non-hydrogen) atoms. The summed E-state index contributed by atoms with van der Waals surface area (Å²) in [5, 5.41) is 2.46. The van der Waals surface area contributed by atoms with Crippen LogP contribution < -0.4 is 4.90 Å². The van der Waals surface area contributed by atoms with E-state index in [4.69, 9.17) is 0 Å². The third-order valence-electron chi connectivity index (χ3n) is 3.58. The van der Waals surface area contributed by atoms with E-state index in [1.807, 2.05) is 43.1 Å². The second-order valence-corrected chi connectivity index (χ2v) is 6.22. The molecule has 3 rings (SSSR count). The summed E-state index contributed by atoms with van der Waals surface area (Å²) in [5.74, 6) is 0. The smallest absolute Gasteiger partial charge is 0.367 e. The zero-order chi connectivity index (χ0) is 16.6. The summed E-state index contributed by atoms with van der Waals surface area (Å²) in [5.41, 5.74) is 2.04. The lowest BCUT2D eigenvalue weighted by molar-refractivity contribution is -0.140. The summed E-state index contributed by atoms with van der Waals surface area (Å²) < 4.78 is 37.9. The second-order valence-electron chi connectivity index (χ2n) is 5.28. The van der Waals surface area contributed by atoms with Crippen molar-refractivity contribution < 1.29 is 13.2 Å². The largest absolute Gasteiger partial charge is 0.434 e. The summed E-state index contributed by atoms with van der Waals surface area (Å²) in [7, 11) is 1.84. The van der Waals surface area contributed by atoms with Crippen LogP contribution >= 0.6 is 11.3 Å². The third-order valence-corrected chi connectivity index (χ3v) is 4.41. The predicted octanol–water partition coefficient (Wildman–Crippen LogP) is 4.65. The van der Waals surface area contributed by atoms with Gasteiger partial charge in [0.2, 0.25) is 0 Å². The van der Waals surface area contributed by atoms with Crippen molar-refractivity contribution in [3.8, 4) is 0 Å². The Morgan fingerprint density at radius 3 is 2.70 bits per heavy atom. The average Bonchev–Trinajstić information content (AvgIpc) is 2.96. The molecule has 2 heterocycles. The van der Waals surface area contributed by atoms with E-state index in [1.54, 1.807) is 6.20 Å². The number of para-hydroxylation sites is 1. The third kappa shape index (κ3) is 3.14. The zero-order valence-electron chi connectivity index (χ0n) is 12.6. The molecule has 0 unspecified atom stereocenters. The summed E-state index contributed by atoms with van der Waals surface area (Å²) >= 11 is 1.02. The van der Waals surface area contributed by atoms with Crippen molar-refractivity contribution in [1.29, 1.82) is 0 Å². The van der Waals surface area contributed by atoms with Gasteiger partial charge in [0.15, 0.2) is 5.69 Å². The molecule has 0 radical (unpaired) electrons. The van der Waals surface area contributed by atoms with Crippen LogP contribution in [0.15, 0.2) is 35.8 Å². The van der Waals surface area contributed by atoms with Gasteiger partial charge in [-0.25, -0.2) is 4.98 Å². The number of rotatable bonds is 3. The maximum Gasteiger partial charge on any atom is 0.434 e. The predicted molar refractivity (Wildman–Crippen MR) is 85.7 cm³/mol. The molecule has 2 aromatic heterocycles. The van der Waals surface area contributed by atoms with Crippen LogP contribution in [-0.4, -0.2) is 17.0 Å². The molecule has 0 saturated carbocycles. The number of aromatic nitrogens is 2. The summed E-state index contributed by atoms with van der Waals surface area (Å²) in [6, 6.07) is 7.75. The van der Waals surface area contributed by atoms with Crippen molar-refractivity contribution in [1.82, 2.24) is 9.97 Å². The first-order valence-electron chi connectivity index (χ1n) is 6.93. The molecular formula is C16H14F3N3S. The Bertz CT molecular complexity index is 842. The van der Waals surface area contributed by atoms with Gasteiger partial charge in [0, 0.05) is 29.7 Å². The molecule has 3 nitrogen and oxygen atoms in total. The fourth-order valence-corrected chi connectivity index (χ4v) is 3.30. The Morgan fingerprint density at radius 2 is 2.00 bits per heavy atom. The van der Waals surface area contributed by atoms with E-state index in [1.165, 1.54) is 0 Å². The molecule has 0 amide bonds. The van der Waals surface area contributed by atoms with E-state index in [0.717, 1.165) is 38.9 Å². The highest BCUT2D eigenvalue weighted by Crippen LogP contribution is 2.31. The van der Waals surface area contributed by atoms with Crippen molar-refractivity contribution in [3.63, 3.8) is 0 Å². The van der Waals surface area contributed by atoms with Gasteiger partial charge in [-0.2, -0.15) is 13.2 Å². The van der Waals surface area contributed by atoms with Crippen LogP contribution in [-0.2, 0) is 12.7 Å². The number of benzene rings is 1. The maximum absolute atomic E-state index is 12.6. The molecule has 0 spiro atoms. The number of hydrogen-bond donors (Lipinski definition) is 0. The number of aryl methyl sites for hydroxylation is 1. The number of nitrogens with zero attached hydrogens (tertiary/aromatic N) is 3. The van der Waals surface area contributed by atoms with Crippen LogP contribution in [0.4, 0.5) is 18.9 Å². The molecule has 0 aliphatic carbocycles. The van der Waals surface area contributed by atoms with Crippen LogP contribution in [0.2, 0.25) is 0 Å². The molecule has 0 N–H and O–H groups in total. The fourth-order valence-electron chi connectivity index (χ4n) is 2.44. The highest BCUT2D eigenvalue weighted by Gasteiger charge is 2.33. The Labute approximate surface area is 135 Å². The van der Waals surface area contributed by atoms with Crippen molar-refractivity contribution in [2.24, 2.45) is 0 Å². The van der Waals surface area contributed by atoms with Gasteiger partial charge in [0.05, 0.1) is 12.1 Å². The molecule has 0 saturated heterocycles. The molecule has 1 aromatic carbocycles. The number of halogens is 3. The normalized spacial score (nSPS) is 11.9. The van der Waals surface area contributed by atoms with E-state index in [-0.39, 0.29) is 0 Å². The SMILES string of the molecule is Cc1cccc2c(N(C)Cc3nc(C(F)(F)F)cs3)ccnc12. The first kappa shape index (κ1) is 15.7.